The molecule has 0 heterocycles. The van der Waals surface area contributed by atoms with Crippen LogP contribution in [0.2, 0.25) is 0 Å². The molecule has 410 valence electrons. The Morgan fingerprint density at radius 1 is 0.324 bits per heavy atom. The summed E-state index contributed by atoms with van der Waals surface area (Å²) >= 11 is 0. The summed E-state index contributed by atoms with van der Waals surface area (Å²) in [5.41, 5.74) is 0. The largest absolute Gasteiger partial charge is 4.00 e. The number of hydrogen-bond donors (Lipinski definition) is 0. The third-order valence-electron chi connectivity index (χ3n) is 12.1. The summed E-state index contributed by atoms with van der Waals surface area (Å²) in [6.45, 7) is 30.0. The molecule has 17 heteroatoms. The van der Waals surface area contributed by atoms with Crippen LogP contribution in [0.4, 0.5) is 0 Å². The average molecular weight is 1070 g/mol. The summed E-state index contributed by atoms with van der Waals surface area (Å²) in [5, 5.41) is 9.53. The molecule has 0 saturated carbocycles. The van der Waals surface area contributed by atoms with Gasteiger partial charge in [0.1, 0.15) is 0 Å². The van der Waals surface area contributed by atoms with Gasteiger partial charge in [0.2, 0.25) is 0 Å². The molecule has 0 aromatic heterocycles. The maximum Gasteiger partial charge on any atom is 4.00 e. The first kappa shape index (κ1) is 77.9. The van der Waals surface area contributed by atoms with Gasteiger partial charge >= 0.3 is 21.7 Å². The van der Waals surface area contributed by atoms with Crippen LogP contribution in [0.25, 0.3) is 0 Å². The maximum atomic E-state index is 11.8. The van der Waals surface area contributed by atoms with E-state index in [9.17, 15) is 33.5 Å². The quantitative estimate of drug-likeness (QED) is 0.0413. The summed E-state index contributed by atoms with van der Waals surface area (Å²) in [7, 11) is -12.4. The van der Waals surface area contributed by atoms with Gasteiger partial charge in [-0.25, -0.2) is 0 Å². The van der Waals surface area contributed by atoms with E-state index in [0.717, 1.165) is 154 Å². The minimum Gasteiger partial charge on any atom is -0.852 e. The van der Waals surface area contributed by atoms with Gasteiger partial charge in [-0.15, -0.1) is 6.10 Å². The van der Waals surface area contributed by atoms with Crippen molar-refractivity contribution in [3.8, 4) is 0 Å². The van der Waals surface area contributed by atoms with Crippen LogP contribution in [0.1, 0.15) is 251 Å². The first-order valence-electron chi connectivity index (χ1n) is 27.1. The second kappa shape index (κ2) is 52.9. The van der Waals surface area contributed by atoms with Crippen LogP contribution < -0.4 is 19.8 Å². The summed E-state index contributed by atoms with van der Waals surface area (Å²) in [4.78, 5) is 35.4. The Morgan fingerprint density at radius 2 is 0.441 bits per heavy atom. The van der Waals surface area contributed by atoms with Crippen molar-refractivity contribution in [1.29, 1.82) is 0 Å². The van der Waals surface area contributed by atoms with Crippen molar-refractivity contribution >= 4 is 23.5 Å². The molecular formula is C51H109O13P3Ti. The van der Waals surface area contributed by atoms with Gasteiger partial charge in [-0.3, -0.25) is 13.7 Å². The fourth-order valence-electron chi connectivity index (χ4n) is 6.68. The Kier molecular flexibility index (Phi) is 60.5. The molecule has 6 unspecified atom stereocenters. The van der Waals surface area contributed by atoms with E-state index >= 15 is 0 Å². The molecular weight excluding hydrogens is 961 g/mol. The van der Waals surface area contributed by atoms with E-state index in [1.54, 1.807) is 13.8 Å². The van der Waals surface area contributed by atoms with Gasteiger partial charge in [-0.1, -0.05) is 213 Å². The summed E-state index contributed by atoms with van der Waals surface area (Å²) < 4.78 is 65.7. The SMILES string of the molecule is CC(C)[O-].CCCCC(CC)COP(=O)([O-])OCC(CC)CCCC.CCCCC(CC)COP(=O)([O-])OCC(CC)CCCC.CCCCC(CC)COP(=O)([O-])OCC(CC)CCCC.[Ti+4]. The van der Waals surface area contributed by atoms with Crippen LogP contribution in [0.15, 0.2) is 0 Å². The normalized spacial score (nSPS) is 16.6. The summed E-state index contributed by atoms with van der Waals surface area (Å²) in [5.74, 6) is 1.82. The minimum atomic E-state index is -4.14. The van der Waals surface area contributed by atoms with E-state index in [2.05, 4.69) is 83.1 Å². The zero-order valence-electron chi connectivity index (χ0n) is 46.4. The van der Waals surface area contributed by atoms with E-state index in [0.29, 0.717) is 35.5 Å². The van der Waals surface area contributed by atoms with Crippen molar-refractivity contribution in [1.82, 2.24) is 0 Å². The van der Waals surface area contributed by atoms with Gasteiger partial charge in [0.15, 0.2) is 0 Å². The second-order valence-corrected chi connectivity index (χ2v) is 22.9. The molecule has 0 bridgehead atoms. The first-order valence-corrected chi connectivity index (χ1v) is 31.5. The van der Waals surface area contributed by atoms with Crippen LogP contribution >= 0.6 is 23.5 Å². The van der Waals surface area contributed by atoms with E-state index in [-0.39, 0.29) is 61.4 Å². The van der Waals surface area contributed by atoms with Crippen molar-refractivity contribution in [3.63, 3.8) is 0 Å². The summed E-state index contributed by atoms with van der Waals surface area (Å²) in [6.07, 6.45) is 24.7. The standard InChI is InChI=1S/3C16H35O4P.C3H7O.Ti/c3*1-5-9-11-15(7-3)13-19-21(17,18)20-14-16(8-4)12-10-6-2;1-3(2)4;/h3*15-16H,5-14H2,1-4H3,(H,17,18);3H,1-2H3;/q;;;-1;+4/p-3. The van der Waals surface area contributed by atoms with E-state index in [1.807, 2.05) is 0 Å². The number of phosphoric acid groups is 3. The first-order chi connectivity index (χ1) is 31.7. The van der Waals surface area contributed by atoms with Crippen LogP contribution in [0.5, 0.6) is 0 Å². The van der Waals surface area contributed by atoms with Crippen molar-refractivity contribution in [2.24, 2.45) is 35.5 Å². The molecule has 0 aliphatic carbocycles. The van der Waals surface area contributed by atoms with Crippen LogP contribution in [-0.4, -0.2) is 45.7 Å². The second-order valence-electron chi connectivity index (χ2n) is 18.7. The molecule has 0 spiro atoms. The molecule has 0 radical (unpaired) electrons. The number of unbranched alkanes of at least 4 members (excludes halogenated alkanes) is 6. The fraction of sp³-hybridized carbons (Fsp3) is 1.00. The average Bonchev–Trinajstić information content (AvgIpc) is 3.29. The van der Waals surface area contributed by atoms with Crippen molar-refractivity contribution in [3.05, 3.63) is 0 Å². The number of rotatable bonds is 42. The number of phosphoric ester groups is 3. The van der Waals surface area contributed by atoms with Crippen molar-refractivity contribution in [2.75, 3.05) is 39.6 Å². The Balaban J connectivity index is -0.000000278. The molecule has 0 aromatic rings. The van der Waals surface area contributed by atoms with Gasteiger partial charge in [0, 0.05) is 0 Å². The van der Waals surface area contributed by atoms with Crippen LogP contribution in [0, 0.1) is 35.5 Å². The van der Waals surface area contributed by atoms with Crippen molar-refractivity contribution in [2.45, 2.75) is 257 Å². The Morgan fingerprint density at radius 3 is 0.529 bits per heavy atom. The zero-order valence-corrected chi connectivity index (χ0v) is 50.6. The van der Waals surface area contributed by atoms with Gasteiger partial charge in [-0.2, -0.15) is 0 Å². The van der Waals surface area contributed by atoms with Crippen LogP contribution in [0.3, 0.4) is 0 Å². The molecule has 0 rings (SSSR count). The molecule has 0 aliphatic rings. The smallest absolute Gasteiger partial charge is 0.852 e. The minimum absolute atomic E-state index is 0. The predicted octanol–water partition coefficient (Wildman–Crippen LogP) is 14.5. The van der Waals surface area contributed by atoms with Gasteiger partial charge in [-0.05, 0) is 74.0 Å². The molecule has 0 fully saturated rings. The molecule has 0 amide bonds. The Labute approximate surface area is 436 Å². The van der Waals surface area contributed by atoms with E-state index in [1.165, 1.54) is 0 Å². The topological polar surface area (TPSA) is 199 Å². The molecule has 6 atom stereocenters. The Hall–Kier alpha value is 1.00. The molecule has 0 N–H and O–H groups in total. The molecule has 68 heavy (non-hydrogen) atoms. The third kappa shape index (κ3) is 54.8. The van der Waals surface area contributed by atoms with E-state index in [4.69, 9.17) is 27.1 Å². The Bertz CT molecular complexity index is 965. The monoisotopic (exact) mass is 1070 g/mol. The van der Waals surface area contributed by atoms with Gasteiger partial charge in [0.25, 0.3) is 23.5 Å². The van der Waals surface area contributed by atoms with Crippen molar-refractivity contribution < 1.29 is 82.3 Å². The zero-order chi connectivity index (χ0) is 52.0. The molecule has 13 nitrogen and oxygen atoms in total. The van der Waals surface area contributed by atoms with Gasteiger partial charge in [0.05, 0.1) is 39.6 Å². The number of hydrogen-bond acceptors (Lipinski definition) is 13. The fourth-order valence-corrected chi connectivity index (χ4v) is 9.26. The molecule has 0 aliphatic heterocycles. The maximum absolute atomic E-state index is 11.8. The molecule has 0 aromatic carbocycles. The predicted molar refractivity (Wildman–Crippen MR) is 274 cm³/mol. The van der Waals surface area contributed by atoms with E-state index < -0.39 is 29.6 Å². The van der Waals surface area contributed by atoms with Gasteiger partial charge < -0.3 is 46.9 Å². The molecule has 0 saturated heterocycles. The van der Waals surface area contributed by atoms with Crippen LogP contribution in [-0.2, 0) is 62.6 Å². The summed E-state index contributed by atoms with van der Waals surface area (Å²) in [6, 6.07) is 0. The third-order valence-corrected chi connectivity index (χ3v) is 14.9.